The number of hydrogen-bond acceptors (Lipinski definition) is 6. The third kappa shape index (κ3) is 7.24. The number of carbonyl (C=O) groups is 2. The van der Waals surface area contributed by atoms with Gasteiger partial charge in [-0.05, 0) is 68.7 Å². The van der Waals surface area contributed by atoms with Crippen molar-refractivity contribution in [3.05, 3.63) is 65.0 Å². The number of rotatable bonds is 11. The van der Waals surface area contributed by atoms with Gasteiger partial charge in [0.05, 0.1) is 29.8 Å². The third-order valence-corrected chi connectivity index (χ3v) is 10.0. The topological polar surface area (TPSA) is 98.6 Å². The highest BCUT2D eigenvalue weighted by atomic mass is 32.2. The lowest BCUT2D eigenvalue weighted by molar-refractivity contribution is -0.126. The molecule has 4 atom stereocenters. The number of hydrogen-bond donors (Lipinski definition) is 4. The largest absolute Gasteiger partial charge is 0.390 e. The maximum Gasteiger partial charge on any atom is 0.237 e. The van der Waals surface area contributed by atoms with Crippen LogP contribution in [0.3, 0.4) is 0 Å². The molecule has 0 saturated heterocycles. The monoisotopic (exact) mass is 593 g/mol. The number of aliphatic hydroxyl groups excluding tert-OH is 1. The van der Waals surface area contributed by atoms with Crippen LogP contribution in [-0.4, -0.2) is 69.4 Å². The third-order valence-electron chi connectivity index (χ3n) is 9.04. The minimum Gasteiger partial charge on any atom is -0.390 e. The van der Waals surface area contributed by atoms with Crippen LogP contribution in [0.2, 0.25) is 0 Å². The molecule has 1 saturated carbocycles. The van der Waals surface area contributed by atoms with Crippen molar-refractivity contribution in [1.82, 2.24) is 24.8 Å². The molecule has 1 unspecified atom stereocenters. The van der Waals surface area contributed by atoms with Gasteiger partial charge in [0.2, 0.25) is 11.8 Å². The molecular weight excluding hydrogens is 546 g/mol. The molecule has 1 aromatic heterocycles. The van der Waals surface area contributed by atoms with Crippen LogP contribution in [-0.2, 0) is 35.4 Å². The quantitative estimate of drug-likeness (QED) is 0.297. The highest BCUT2D eigenvalue weighted by molar-refractivity contribution is 7.97. The molecule has 2 amide bonds. The number of benzene rings is 1. The van der Waals surface area contributed by atoms with E-state index in [1.807, 2.05) is 37.3 Å². The van der Waals surface area contributed by atoms with Gasteiger partial charge in [0.25, 0.3) is 0 Å². The van der Waals surface area contributed by atoms with E-state index in [1.165, 1.54) is 23.2 Å². The maximum absolute atomic E-state index is 13.9. The molecule has 0 radical (unpaired) electrons. The molecular formula is C33H47N5O3S. The van der Waals surface area contributed by atoms with Gasteiger partial charge in [0.1, 0.15) is 0 Å². The first kappa shape index (κ1) is 30.7. The zero-order valence-corrected chi connectivity index (χ0v) is 26.1. The van der Waals surface area contributed by atoms with E-state index >= 15 is 0 Å². The van der Waals surface area contributed by atoms with Crippen LogP contribution in [0.1, 0.15) is 68.3 Å². The lowest BCUT2D eigenvalue weighted by Crippen LogP contribution is -2.53. The van der Waals surface area contributed by atoms with Crippen molar-refractivity contribution >= 4 is 29.5 Å². The lowest BCUT2D eigenvalue weighted by Gasteiger charge is -2.30. The Morgan fingerprint density at radius 1 is 1.14 bits per heavy atom. The van der Waals surface area contributed by atoms with Gasteiger partial charge >= 0.3 is 0 Å². The lowest BCUT2D eigenvalue weighted by atomic mass is 9.88. The Kier molecular flexibility index (Phi) is 10.3. The van der Waals surface area contributed by atoms with Crippen LogP contribution in [0.4, 0.5) is 0 Å². The average molecular weight is 594 g/mol. The number of carbonyl (C=O) groups excluding carboxylic acids is 2. The van der Waals surface area contributed by atoms with Crippen molar-refractivity contribution in [3.63, 3.8) is 0 Å². The Hall–Kier alpha value is -2.75. The first-order valence-electron chi connectivity index (χ1n) is 15.7. The SMILES string of the molecule is CCn1cc2c3c1CC(C(=O)N[C@@H](Cc1ccccc1)[C@H](O)CN[C@@H](C)C(=O)NC1CCCCC1)C=C3N(C)SCC2. The Morgan fingerprint density at radius 3 is 2.64 bits per heavy atom. The van der Waals surface area contributed by atoms with E-state index in [1.54, 1.807) is 11.9 Å². The first-order valence-corrected chi connectivity index (χ1v) is 16.6. The highest BCUT2D eigenvalue weighted by Crippen LogP contribution is 2.40. The van der Waals surface area contributed by atoms with Crippen molar-refractivity contribution in [2.24, 2.45) is 5.92 Å². The predicted molar refractivity (Wildman–Crippen MR) is 170 cm³/mol. The van der Waals surface area contributed by atoms with Gasteiger partial charge in [-0.25, -0.2) is 0 Å². The number of aryl methyl sites for hydroxylation is 2. The van der Waals surface area contributed by atoms with E-state index in [2.05, 4.69) is 51.1 Å². The van der Waals surface area contributed by atoms with Gasteiger partial charge in [-0.3, -0.25) is 9.59 Å². The summed E-state index contributed by atoms with van der Waals surface area (Å²) in [6, 6.07) is 9.24. The smallest absolute Gasteiger partial charge is 0.237 e. The van der Waals surface area contributed by atoms with Crippen LogP contribution in [0.5, 0.6) is 0 Å². The van der Waals surface area contributed by atoms with Gasteiger partial charge in [-0.2, -0.15) is 0 Å². The molecule has 228 valence electrons. The van der Waals surface area contributed by atoms with Gasteiger partial charge in [-0.1, -0.05) is 49.6 Å². The zero-order chi connectivity index (χ0) is 29.6. The number of nitrogens with one attached hydrogen (secondary N) is 3. The zero-order valence-electron chi connectivity index (χ0n) is 25.3. The molecule has 8 nitrogen and oxygen atoms in total. The minimum absolute atomic E-state index is 0.0361. The number of aliphatic hydroxyl groups is 1. The molecule has 2 aliphatic carbocycles. The van der Waals surface area contributed by atoms with E-state index in [0.29, 0.717) is 12.8 Å². The molecule has 2 heterocycles. The molecule has 2 aromatic rings. The summed E-state index contributed by atoms with van der Waals surface area (Å²) in [5.41, 5.74) is 6.02. The second-order valence-electron chi connectivity index (χ2n) is 12.1. The van der Waals surface area contributed by atoms with Crippen molar-refractivity contribution in [2.45, 2.75) is 96.0 Å². The number of amides is 2. The van der Waals surface area contributed by atoms with Gasteiger partial charge in [-0.15, -0.1) is 0 Å². The molecule has 0 bridgehead atoms. The van der Waals surface area contributed by atoms with Crippen molar-refractivity contribution in [3.8, 4) is 0 Å². The van der Waals surface area contributed by atoms with E-state index < -0.39 is 18.2 Å². The molecule has 9 heteroatoms. The summed E-state index contributed by atoms with van der Waals surface area (Å²) in [7, 11) is 2.08. The fourth-order valence-electron chi connectivity index (χ4n) is 6.54. The van der Waals surface area contributed by atoms with E-state index in [9.17, 15) is 14.7 Å². The summed E-state index contributed by atoms with van der Waals surface area (Å²) in [4.78, 5) is 26.7. The standard InChI is InChI=1S/C33H47N5O3S/c1-4-38-21-24-15-16-42-37(3)28-18-25(19-29(38)31(24)28)33(41)36-27(17-23-11-7-5-8-12-23)30(39)20-34-22(2)32(40)35-26-13-9-6-10-14-26/h5,7-8,11-12,18,21-22,25-27,30,34,39H,4,6,9-10,13-17,19-20H2,1-3H3,(H,35,40)(H,36,41)/t22-,25?,27-,30+/m0/s1. The Bertz CT molecular complexity index is 1260. The van der Waals surface area contributed by atoms with Crippen molar-refractivity contribution in [1.29, 1.82) is 0 Å². The summed E-state index contributed by atoms with van der Waals surface area (Å²) < 4.78 is 4.50. The second kappa shape index (κ2) is 14.1. The van der Waals surface area contributed by atoms with Crippen LogP contribution in [0, 0.1) is 5.92 Å². The molecule has 1 fully saturated rings. The van der Waals surface area contributed by atoms with Crippen molar-refractivity contribution in [2.75, 3.05) is 19.3 Å². The molecule has 3 aliphatic rings. The minimum atomic E-state index is -0.867. The van der Waals surface area contributed by atoms with Gasteiger partial charge in [0, 0.05) is 55.8 Å². The summed E-state index contributed by atoms with van der Waals surface area (Å²) in [5, 5.41) is 21.0. The van der Waals surface area contributed by atoms with Gasteiger partial charge < -0.3 is 29.9 Å². The van der Waals surface area contributed by atoms with E-state index in [4.69, 9.17) is 0 Å². The normalized spacial score (nSPS) is 21.0. The van der Waals surface area contributed by atoms with E-state index in [0.717, 1.165) is 55.7 Å². The molecule has 5 rings (SSSR count). The fourth-order valence-corrected chi connectivity index (χ4v) is 7.42. The molecule has 1 aliphatic heterocycles. The summed E-state index contributed by atoms with van der Waals surface area (Å²) >= 11 is 1.79. The summed E-state index contributed by atoms with van der Waals surface area (Å²) in [6.45, 7) is 5.06. The van der Waals surface area contributed by atoms with Crippen LogP contribution < -0.4 is 16.0 Å². The maximum atomic E-state index is 13.9. The highest BCUT2D eigenvalue weighted by Gasteiger charge is 2.34. The number of aromatic nitrogens is 1. The Balaban J connectivity index is 1.27. The summed E-state index contributed by atoms with van der Waals surface area (Å²) in [6.07, 6.45) is 11.3. The molecule has 1 aromatic carbocycles. The fraction of sp³-hybridized carbons (Fsp3) is 0.576. The molecule has 4 N–H and O–H groups in total. The molecule has 42 heavy (non-hydrogen) atoms. The summed E-state index contributed by atoms with van der Waals surface area (Å²) in [5.74, 6) is 0.566. The van der Waals surface area contributed by atoms with Gasteiger partial charge in [0.15, 0.2) is 0 Å². The van der Waals surface area contributed by atoms with Crippen LogP contribution in [0.15, 0.2) is 42.6 Å². The Labute approximate surface area is 254 Å². The predicted octanol–water partition coefficient (Wildman–Crippen LogP) is 3.67. The van der Waals surface area contributed by atoms with Crippen LogP contribution in [0.25, 0.3) is 5.70 Å². The number of nitrogens with zero attached hydrogens (tertiary/aromatic N) is 2. The first-order chi connectivity index (χ1) is 20.3. The second-order valence-corrected chi connectivity index (χ2v) is 13.3. The van der Waals surface area contributed by atoms with E-state index in [-0.39, 0.29) is 30.3 Å². The average Bonchev–Trinajstić information content (AvgIpc) is 3.28. The van der Waals surface area contributed by atoms with Crippen LogP contribution >= 0.6 is 11.9 Å². The Morgan fingerprint density at radius 2 is 1.90 bits per heavy atom. The molecule has 0 spiro atoms. The van der Waals surface area contributed by atoms with Crippen molar-refractivity contribution < 1.29 is 14.7 Å².